The first-order valence-corrected chi connectivity index (χ1v) is 2.52. The Morgan fingerprint density at radius 1 is 0.895 bits per heavy atom. The summed E-state index contributed by atoms with van der Waals surface area (Å²) in [4.78, 5) is 34.6. The Kier molecular flexibility index (Phi) is 153. The van der Waals surface area contributed by atoms with Crippen molar-refractivity contribution in [2.24, 2.45) is 0 Å². The number of hydrogen-bond acceptors (Lipinski definition) is 11. The number of carbonyl (C=O) groups excluding carboxylic acids is 3. The van der Waals surface area contributed by atoms with Gasteiger partial charge in [0.1, 0.15) is 0 Å². The smallest absolute Gasteiger partial charge is 0.682 e. The molecule has 19 heavy (non-hydrogen) atoms. The molecule has 0 aliphatic heterocycles. The normalized spacial score (nSPS) is 5.63. The van der Waals surface area contributed by atoms with E-state index in [0.29, 0.717) is 12.5 Å². The van der Waals surface area contributed by atoms with E-state index in [-0.39, 0.29) is 61.9 Å². The van der Waals surface area contributed by atoms with Gasteiger partial charge in [-0.1, -0.05) is 14.9 Å². The van der Waals surface area contributed by atoms with Gasteiger partial charge >= 0.3 is 40.6 Å². The predicted octanol–water partition coefficient (Wildman–Crippen LogP) is -3.36. The van der Waals surface area contributed by atoms with Gasteiger partial charge in [0.05, 0.1) is 0 Å². The van der Waals surface area contributed by atoms with E-state index in [0.717, 1.165) is 0 Å². The minimum Gasteiger partial charge on any atom is -0.682 e. The molecule has 0 heterocycles. The zero-order valence-electron chi connectivity index (χ0n) is 7.65. The summed E-state index contributed by atoms with van der Waals surface area (Å²) in [5, 5.41) is 31.9. The molecule has 11 nitrogen and oxygen atoms in total. The van der Waals surface area contributed by atoms with E-state index in [4.69, 9.17) is 30.2 Å². The zero-order valence-corrected chi connectivity index (χ0v) is 9.91. The summed E-state index contributed by atoms with van der Waals surface area (Å²) in [5.74, 6) is 0. The van der Waals surface area contributed by atoms with Crippen LogP contribution >= 0.6 is 0 Å². The maximum Gasteiger partial charge on any atom is 3.00 e. The van der Waals surface area contributed by atoms with Crippen molar-refractivity contribution in [2.45, 2.75) is 14.9 Å². The van der Waals surface area contributed by atoms with Crippen LogP contribution in [0, 0.1) is 0 Å². The Bertz CT molecular complexity index is 165. The first-order chi connectivity index (χ1) is 7.24. The topological polar surface area (TPSA) is 167 Å². The van der Waals surface area contributed by atoms with Gasteiger partial charge in [-0.15, -0.1) is 0 Å². The van der Waals surface area contributed by atoms with Crippen LogP contribution in [0.25, 0.3) is 0 Å². The Morgan fingerprint density at radius 3 is 1.21 bits per heavy atom. The predicted molar refractivity (Wildman–Crippen MR) is 44.9 cm³/mol. The fourth-order valence-corrected chi connectivity index (χ4v) is 0.0907. The van der Waals surface area contributed by atoms with Crippen LogP contribution in [0.3, 0.4) is 0 Å². The average molecular weight is 342 g/mol. The van der Waals surface area contributed by atoms with Crippen molar-refractivity contribution in [1.82, 2.24) is 0 Å². The molecule has 109 valence electrons. The van der Waals surface area contributed by atoms with E-state index >= 15 is 0 Å². The van der Waals surface area contributed by atoms with E-state index in [1.54, 1.807) is 0 Å². The van der Waals surface area contributed by atoms with Gasteiger partial charge in [0.25, 0.3) is 6.47 Å². The molecule has 13 heteroatoms. The van der Waals surface area contributed by atoms with Gasteiger partial charge in [-0.2, -0.15) is 9.59 Å². The largest absolute Gasteiger partial charge is 3.00 e. The van der Waals surface area contributed by atoms with Crippen LogP contribution in [0.2, 0.25) is 0 Å². The molecular weight excluding hydrogens is 331 g/mol. The monoisotopic (exact) mass is 342 g/mol. The van der Waals surface area contributed by atoms with Gasteiger partial charge in [0.2, 0.25) is 0 Å². The van der Waals surface area contributed by atoms with Crippen molar-refractivity contribution in [1.29, 1.82) is 0 Å². The molecule has 0 N–H and O–H groups in total. The van der Waals surface area contributed by atoms with Gasteiger partial charge in [-0.3, -0.25) is 4.79 Å². The molecule has 0 amide bonds. The Morgan fingerprint density at radius 2 is 1.11 bits per heavy atom. The SMILES string of the molecule is C.C.O=C=O.O=CO[O-].[Al+3].[Fe+3].[O-]OO/C=C/OO[O-]. The van der Waals surface area contributed by atoms with Crippen LogP contribution in [0.15, 0.2) is 12.5 Å². The third-order valence-corrected chi connectivity index (χ3v) is 0.285. The molecule has 0 bridgehead atoms. The number of hydrogen-bond donors (Lipinski definition) is 0. The molecule has 0 aliphatic rings. The van der Waals surface area contributed by atoms with Gasteiger partial charge in [0, 0.05) is 0 Å². The van der Waals surface area contributed by atoms with E-state index in [9.17, 15) is 0 Å². The van der Waals surface area contributed by atoms with Crippen LogP contribution in [-0.2, 0) is 56.2 Å². The second-order valence-electron chi connectivity index (χ2n) is 0.876. The van der Waals surface area contributed by atoms with Crippen molar-refractivity contribution in [3.05, 3.63) is 12.5 Å². The molecule has 0 rings (SSSR count). The maximum absolute atomic E-state index is 8.95. The minimum atomic E-state index is -0.181. The van der Waals surface area contributed by atoms with Crippen molar-refractivity contribution in [2.75, 3.05) is 0 Å². The molecule has 0 saturated carbocycles. The third kappa shape index (κ3) is 152. The molecule has 0 aliphatic carbocycles. The van der Waals surface area contributed by atoms with Crippen LogP contribution in [0.5, 0.6) is 0 Å². The van der Waals surface area contributed by atoms with E-state index < -0.39 is 0 Å². The third-order valence-electron chi connectivity index (χ3n) is 0.285. The van der Waals surface area contributed by atoms with Gasteiger partial charge in [-0.05, 0) is 0 Å². The molecular formula is C6H11AlFeO11+3. The summed E-state index contributed by atoms with van der Waals surface area (Å²) < 4.78 is 0. The summed E-state index contributed by atoms with van der Waals surface area (Å²) >= 11 is 0. The molecule has 0 fully saturated rings. The van der Waals surface area contributed by atoms with Gasteiger partial charge in [0.15, 0.2) is 12.5 Å². The van der Waals surface area contributed by atoms with Crippen LogP contribution in [0.1, 0.15) is 14.9 Å². The van der Waals surface area contributed by atoms with Crippen LogP contribution < -0.4 is 15.8 Å². The van der Waals surface area contributed by atoms with Crippen LogP contribution in [0.4, 0.5) is 0 Å². The quantitative estimate of drug-likeness (QED) is 0.161. The Balaban J connectivity index is -0.0000000231. The second kappa shape index (κ2) is 67.8. The molecule has 0 saturated heterocycles. The fourth-order valence-electron chi connectivity index (χ4n) is 0.0907. The Hall–Kier alpha value is -0.958. The molecule has 0 aromatic heterocycles. The molecule has 0 aromatic carbocycles. The minimum absolute atomic E-state index is 0. The molecule has 0 unspecified atom stereocenters. The van der Waals surface area contributed by atoms with Crippen LogP contribution in [-0.4, -0.2) is 30.0 Å². The zero-order chi connectivity index (χ0) is 12.4. The Labute approximate surface area is 129 Å². The molecule has 0 aromatic rings. The van der Waals surface area contributed by atoms with Crippen molar-refractivity contribution in [3.63, 3.8) is 0 Å². The van der Waals surface area contributed by atoms with Gasteiger partial charge < -0.3 is 30.4 Å². The number of carbonyl (C=O) groups is 1. The number of rotatable bonds is 5. The van der Waals surface area contributed by atoms with Gasteiger partial charge in [-0.25, -0.2) is 10.1 Å². The van der Waals surface area contributed by atoms with Crippen molar-refractivity contribution < 1.29 is 72.0 Å². The standard InChI is InChI=1S/C2H4O6.CH2O3.CO2.2CH4.Al.Fe/c3-7-5-1-2-6-8-4;2-1-4-3;2-1-3;;;;/h1-4H;1,3H;;2*1H4;;/q;;;;;2*+3/p-3/b2-1+;;;;;;. The fraction of sp³-hybridized carbons (Fsp3) is 0.333. The van der Waals surface area contributed by atoms with Crippen molar-refractivity contribution in [3.8, 4) is 0 Å². The summed E-state index contributed by atoms with van der Waals surface area (Å²) in [5.41, 5.74) is 0. The molecule has 0 spiro atoms. The summed E-state index contributed by atoms with van der Waals surface area (Å²) in [6.45, 7) is -0.181. The molecule has 1 radical (unpaired) electrons. The summed E-state index contributed by atoms with van der Waals surface area (Å²) in [6, 6.07) is 0. The molecule has 0 atom stereocenters. The summed E-state index contributed by atoms with van der Waals surface area (Å²) in [7, 11) is 0. The second-order valence-corrected chi connectivity index (χ2v) is 0.876. The maximum atomic E-state index is 8.95. The average Bonchev–Trinajstić information content (AvgIpc) is 2.26. The first kappa shape index (κ1) is 43.0. The first-order valence-electron chi connectivity index (χ1n) is 2.52. The van der Waals surface area contributed by atoms with E-state index in [1.807, 2.05) is 0 Å². The summed E-state index contributed by atoms with van der Waals surface area (Å²) in [6.07, 6.45) is 1.62. The van der Waals surface area contributed by atoms with Crippen molar-refractivity contribution >= 4 is 30.0 Å². The van der Waals surface area contributed by atoms with E-state index in [2.05, 4.69) is 24.7 Å². The van der Waals surface area contributed by atoms with E-state index in [1.165, 1.54) is 0 Å².